The molecule has 1 heterocycles. The first kappa shape index (κ1) is 10.5. The van der Waals surface area contributed by atoms with Gasteiger partial charge in [-0.2, -0.15) is 0 Å². The maximum atomic E-state index is 11.7. The minimum Gasteiger partial charge on any atom is -0.370 e. The van der Waals surface area contributed by atoms with Crippen molar-refractivity contribution in [2.75, 3.05) is 6.61 Å². The van der Waals surface area contributed by atoms with Gasteiger partial charge in [-0.15, -0.1) is 0 Å². The summed E-state index contributed by atoms with van der Waals surface area (Å²) in [4.78, 5) is 11.7. The van der Waals surface area contributed by atoms with Gasteiger partial charge in [-0.05, 0) is 38.2 Å². The van der Waals surface area contributed by atoms with E-state index in [-0.39, 0.29) is 11.9 Å². The summed E-state index contributed by atoms with van der Waals surface area (Å²) in [5, 5.41) is 0. The highest BCUT2D eigenvalue weighted by Gasteiger charge is 2.22. The molecule has 1 fully saturated rings. The largest absolute Gasteiger partial charge is 0.370 e. The summed E-state index contributed by atoms with van der Waals surface area (Å²) in [5.41, 5.74) is 0.856. The van der Waals surface area contributed by atoms with E-state index in [1.54, 1.807) is 0 Å². The third-order valence-electron chi connectivity index (χ3n) is 2.37. The highest BCUT2D eigenvalue weighted by atomic mass is 16.5. The van der Waals surface area contributed by atoms with Gasteiger partial charge in [-0.3, -0.25) is 4.79 Å². The van der Waals surface area contributed by atoms with Crippen LogP contribution in [-0.4, -0.2) is 18.5 Å². The first-order valence-electron chi connectivity index (χ1n) is 5.08. The maximum Gasteiger partial charge on any atom is 0.186 e. The van der Waals surface area contributed by atoms with E-state index >= 15 is 0 Å². The fourth-order valence-corrected chi connectivity index (χ4v) is 1.61. The summed E-state index contributed by atoms with van der Waals surface area (Å²) >= 11 is 0. The van der Waals surface area contributed by atoms with Crippen LogP contribution in [0.25, 0.3) is 0 Å². The second-order valence-electron chi connectivity index (χ2n) is 3.51. The molecule has 2 heteroatoms. The lowest BCUT2D eigenvalue weighted by atomic mass is 10.0. The van der Waals surface area contributed by atoms with Gasteiger partial charge < -0.3 is 4.74 Å². The van der Waals surface area contributed by atoms with Crippen LogP contribution in [0.4, 0.5) is 0 Å². The van der Waals surface area contributed by atoms with Gasteiger partial charge in [0.05, 0.1) is 0 Å². The first-order chi connectivity index (χ1) is 6.25. The summed E-state index contributed by atoms with van der Waals surface area (Å²) in [5.74, 6) is 0.182. The molecule has 0 amide bonds. The third-order valence-corrected chi connectivity index (χ3v) is 2.37. The van der Waals surface area contributed by atoms with Gasteiger partial charge in [-0.25, -0.2) is 0 Å². The van der Waals surface area contributed by atoms with Crippen molar-refractivity contribution in [3.63, 3.8) is 0 Å². The average molecular weight is 182 g/mol. The summed E-state index contributed by atoms with van der Waals surface area (Å²) in [6.45, 7) is 4.66. The van der Waals surface area contributed by atoms with E-state index in [2.05, 4.69) is 0 Å². The van der Waals surface area contributed by atoms with E-state index in [1.165, 1.54) is 0 Å². The molecule has 0 saturated carbocycles. The zero-order valence-corrected chi connectivity index (χ0v) is 8.51. The highest BCUT2D eigenvalue weighted by molar-refractivity contribution is 5.98. The lowest BCUT2D eigenvalue weighted by Gasteiger charge is -2.21. The van der Waals surface area contributed by atoms with Crippen molar-refractivity contribution in [2.24, 2.45) is 0 Å². The van der Waals surface area contributed by atoms with Crippen LogP contribution in [-0.2, 0) is 9.53 Å². The molecule has 1 atom stereocenters. The molecule has 0 aromatic carbocycles. The second kappa shape index (κ2) is 5.18. The van der Waals surface area contributed by atoms with Crippen LogP contribution in [0.2, 0.25) is 0 Å². The normalized spacial score (nSPS) is 24.5. The lowest BCUT2D eigenvalue weighted by Crippen LogP contribution is -2.28. The molecule has 1 unspecified atom stereocenters. The summed E-state index contributed by atoms with van der Waals surface area (Å²) in [6, 6.07) is 0. The quantitative estimate of drug-likeness (QED) is 0.627. The molecule has 0 radical (unpaired) electrons. The van der Waals surface area contributed by atoms with Crippen molar-refractivity contribution < 1.29 is 9.53 Å². The lowest BCUT2D eigenvalue weighted by molar-refractivity contribution is -0.129. The zero-order chi connectivity index (χ0) is 9.68. The van der Waals surface area contributed by atoms with Crippen molar-refractivity contribution in [1.29, 1.82) is 0 Å². The number of hydrogen-bond donors (Lipinski definition) is 0. The molecular weight excluding hydrogens is 164 g/mol. The Morgan fingerprint density at radius 3 is 2.85 bits per heavy atom. The minimum atomic E-state index is -0.156. The van der Waals surface area contributed by atoms with Gasteiger partial charge >= 0.3 is 0 Å². The molecule has 1 aliphatic rings. The van der Waals surface area contributed by atoms with Crippen molar-refractivity contribution >= 4 is 5.78 Å². The van der Waals surface area contributed by atoms with Gasteiger partial charge in [0.2, 0.25) is 0 Å². The molecule has 1 aliphatic heterocycles. The Kier molecular flexibility index (Phi) is 4.16. The molecule has 1 saturated heterocycles. The Balaban J connectivity index is 2.50. The second-order valence-corrected chi connectivity index (χ2v) is 3.51. The molecule has 74 valence electrons. The molecular formula is C11H18O2. The van der Waals surface area contributed by atoms with E-state index in [1.807, 2.05) is 19.9 Å². The Hall–Kier alpha value is -0.630. The molecule has 13 heavy (non-hydrogen) atoms. The molecule has 0 aromatic rings. The number of ether oxygens (including phenoxy) is 1. The third kappa shape index (κ3) is 2.96. The van der Waals surface area contributed by atoms with Crippen molar-refractivity contribution in [3.8, 4) is 0 Å². The number of rotatable bonds is 3. The molecule has 0 bridgehead atoms. The van der Waals surface area contributed by atoms with Crippen LogP contribution in [0.3, 0.4) is 0 Å². The zero-order valence-electron chi connectivity index (χ0n) is 8.51. The Bertz CT molecular complexity index is 200. The molecule has 0 aliphatic carbocycles. The number of ketones is 1. The minimum absolute atomic E-state index is 0.156. The van der Waals surface area contributed by atoms with Crippen LogP contribution in [0.15, 0.2) is 11.6 Å². The summed E-state index contributed by atoms with van der Waals surface area (Å²) in [6.07, 6.45) is 5.85. The van der Waals surface area contributed by atoms with Crippen LogP contribution in [0, 0.1) is 0 Å². The summed E-state index contributed by atoms with van der Waals surface area (Å²) < 4.78 is 5.42. The Labute approximate surface area is 80.0 Å². The van der Waals surface area contributed by atoms with E-state index in [0.29, 0.717) is 0 Å². The van der Waals surface area contributed by atoms with Crippen LogP contribution in [0.1, 0.15) is 39.5 Å². The number of carbonyl (C=O) groups is 1. The van der Waals surface area contributed by atoms with E-state index in [4.69, 9.17) is 4.74 Å². The van der Waals surface area contributed by atoms with E-state index in [9.17, 15) is 4.79 Å². The fourth-order valence-electron chi connectivity index (χ4n) is 1.61. The van der Waals surface area contributed by atoms with Gasteiger partial charge in [0.15, 0.2) is 5.78 Å². The van der Waals surface area contributed by atoms with Crippen LogP contribution in [0.5, 0.6) is 0 Å². The maximum absolute atomic E-state index is 11.7. The Morgan fingerprint density at radius 2 is 2.31 bits per heavy atom. The predicted molar refractivity (Wildman–Crippen MR) is 52.6 cm³/mol. The van der Waals surface area contributed by atoms with Gasteiger partial charge in [0.25, 0.3) is 0 Å². The standard InChI is InChI=1S/C11H18O2/c1-3-6-9(2)11(12)10-7-4-5-8-13-10/h6,10H,3-5,7-8H2,1-2H3/b9-6+. The van der Waals surface area contributed by atoms with Gasteiger partial charge in [0, 0.05) is 6.61 Å². The molecule has 0 spiro atoms. The van der Waals surface area contributed by atoms with Gasteiger partial charge in [0.1, 0.15) is 6.10 Å². The highest BCUT2D eigenvalue weighted by Crippen LogP contribution is 2.16. The van der Waals surface area contributed by atoms with Gasteiger partial charge in [-0.1, -0.05) is 13.0 Å². The topological polar surface area (TPSA) is 26.3 Å². The number of Topliss-reactive ketones (excluding diaryl/α,β-unsaturated/α-hetero) is 1. The molecule has 0 aromatic heterocycles. The smallest absolute Gasteiger partial charge is 0.186 e. The molecule has 2 nitrogen and oxygen atoms in total. The van der Waals surface area contributed by atoms with E-state index in [0.717, 1.165) is 37.9 Å². The molecule has 0 N–H and O–H groups in total. The number of carbonyl (C=O) groups excluding carboxylic acids is 1. The predicted octanol–water partition coefficient (Wildman–Crippen LogP) is 2.48. The van der Waals surface area contributed by atoms with Crippen molar-refractivity contribution in [1.82, 2.24) is 0 Å². The van der Waals surface area contributed by atoms with Crippen molar-refractivity contribution in [2.45, 2.75) is 45.6 Å². The van der Waals surface area contributed by atoms with Crippen molar-refractivity contribution in [3.05, 3.63) is 11.6 Å². The SMILES string of the molecule is CC/C=C(\C)C(=O)C1CCCCO1. The fraction of sp³-hybridized carbons (Fsp3) is 0.727. The summed E-state index contributed by atoms with van der Waals surface area (Å²) in [7, 11) is 0. The van der Waals surface area contributed by atoms with Crippen LogP contribution < -0.4 is 0 Å². The average Bonchev–Trinajstić information content (AvgIpc) is 2.18. The molecule has 1 rings (SSSR count). The van der Waals surface area contributed by atoms with E-state index < -0.39 is 0 Å². The monoisotopic (exact) mass is 182 g/mol. The number of hydrogen-bond acceptors (Lipinski definition) is 2. The first-order valence-corrected chi connectivity index (χ1v) is 5.08. The Morgan fingerprint density at radius 1 is 1.54 bits per heavy atom. The number of allylic oxidation sites excluding steroid dienone is 1. The van der Waals surface area contributed by atoms with Crippen LogP contribution >= 0.6 is 0 Å².